The zero-order chi connectivity index (χ0) is 24.0. The highest BCUT2D eigenvalue weighted by Crippen LogP contribution is 2.36. The van der Waals surface area contributed by atoms with Crippen LogP contribution in [-0.2, 0) is 4.79 Å². The van der Waals surface area contributed by atoms with Gasteiger partial charge in [-0.15, -0.1) is 0 Å². The number of carbonyl (C=O) groups is 2. The summed E-state index contributed by atoms with van der Waals surface area (Å²) >= 11 is 0. The highest BCUT2D eigenvalue weighted by atomic mass is 19.1. The van der Waals surface area contributed by atoms with Crippen molar-refractivity contribution in [2.24, 2.45) is 11.8 Å². The van der Waals surface area contributed by atoms with Crippen LogP contribution >= 0.6 is 0 Å². The molecule has 1 saturated heterocycles. The number of hydrogen-bond acceptors (Lipinski definition) is 5. The molecule has 5 rings (SSSR count). The molecule has 0 radical (unpaired) electrons. The van der Waals surface area contributed by atoms with Crippen molar-refractivity contribution in [3.63, 3.8) is 0 Å². The lowest BCUT2D eigenvalue weighted by atomic mass is 10.1. The molecule has 3 heterocycles. The summed E-state index contributed by atoms with van der Waals surface area (Å²) in [6, 6.07) is 4.24. The molecule has 0 unspecified atom stereocenters. The van der Waals surface area contributed by atoms with Crippen molar-refractivity contribution in [3.05, 3.63) is 41.6 Å². The van der Waals surface area contributed by atoms with E-state index < -0.39 is 5.82 Å². The molecule has 2 fully saturated rings. The molecule has 3 aromatic rings. The van der Waals surface area contributed by atoms with Crippen LogP contribution in [-0.4, -0.2) is 57.4 Å². The Balaban J connectivity index is 1.48. The van der Waals surface area contributed by atoms with E-state index in [0.29, 0.717) is 64.9 Å². The Morgan fingerprint density at radius 3 is 2.76 bits per heavy atom. The molecule has 1 aromatic carbocycles. The van der Waals surface area contributed by atoms with E-state index >= 15 is 0 Å². The van der Waals surface area contributed by atoms with Gasteiger partial charge in [-0.05, 0) is 49.8 Å². The van der Waals surface area contributed by atoms with Crippen molar-refractivity contribution >= 4 is 22.8 Å². The number of benzene rings is 1. The number of hydrogen-bond donors (Lipinski definition) is 2. The van der Waals surface area contributed by atoms with E-state index in [4.69, 9.17) is 4.74 Å². The van der Waals surface area contributed by atoms with E-state index in [1.807, 2.05) is 6.92 Å². The number of aryl methyl sites for hydroxylation is 1. The number of nitrogens with zero attached hydrogens (tertiary/aromatic N) is 3. The van der Waals surface area contributed by atoms with E-state index in [9.17, 15) is 14.0 Å². The number of rotatable bonds is 6. The predicted molar refractivity (Wildman–Crippen MR) is 125 cm³/mol. The third-order valence-electron chi connectivity index (χ3n) is 6.74. The Kier molecular flexibility index (Phi) is 5.71. The van der Waals surface area contributed by atoms with Crippen LogP contribution < -0.4 is 10.1 Å². The van der Waals surface area contributed by atoms with E-state index in [-0.39, 0.29) is 23.8 Å². The summed E-state index contributed by atoms with van der Waals surface area (Å²) in [4.78, 5) is 38.8. The van der Waals surface area contributed by atoms with Crippen molar-refractivity contribution < 1.29 is 18.7 Å². The number of ether oxygens (including phenoxy) is 1. The van der Waals surface area contributed by atoms with Crippen molar-refractivity contribution in [1.29, 1.82) is 0 Å². The fraction of sp³-hybridized carbons (Fsp3) is 0.440. The summed E-state index contributed by atoms with van der Waals surface area (Å²) in [5.74, 6) is 0.576. The van der Waals surface area contributed by atoms with Crippen LogP contribution in [0.5, 0.6) is 5.75 Å². The number of aromatic amines is 1. The zero-order valence-electron chi connectivity index (χ0n) is 19.5. The summed E-state index contributed by atoms with van der Waals surface area (Å²) in [6.07, 6.45) is 3.67. The monoisotopic (exact) mass is 465 g/mol. The minimum Gasteiger partial charge on any atom is -0.493 e. The Labute approximate surface area is 196 Å². The Bertz CT molecular complexity index is 1270. The number of carbonyl (C=O) groups excluding carboxylic acids is 2. The Hall–Kier alpha value is -3.49. The van der Waals surface area contributed by atoms with E-state index in [1.54, 1.807) is 17.9 Å². The first-order valence-corrected chi connectivity index (χ1v) is 11.6. The lowest BCUT2D eigenvalue weighted by molar-refractivity contribution is -0.127. The lowest BCUT2D eigenvalue weighted by Gasteiger charge is -2.16. The van der Waals surface area contributed by atoms with Gasteiger partial charge in [0.1, 0.15) is 29.1 Å². The van der Waals surface area contributed by atoms with E-state index in [2.05, 4.69) is 20.3 Å². The summed E-state index contributed by atoms with van der Waals surface area (Å²) in [5, 5.41) is 3.07. The van der Waals surface area contributed by atoms with Crippen molar-refractivity contribution in [1.82, 2.24) is 25.2 Å². The van der Waals surface area contributed by atoms with Gasteiger partial charge in [0, 0.05) is 31.3 Å². The van der Waals surface area contributed by atoms with Gasteiger partial charge in [0.05, 0.1) is 23.7 Å². The maximum atomic E-state index is 14.2. The number of aromatic nitrogens is 3. The maximum Gasteiger partial charge on any atom is 0.255 e. The first kappa shape index (κ1) is 22.3. The lowest BCUT2D eigenvalue weighted by Crippen LogP contribution is -2.40. The molecule has 1 aliphatic carbocycles. The van der Waals surface area contributed by atoms with E-state index in [1.165, 1.54) is 25.4 Å². The van der Waals surface area contributed by atoms with Gasteiger partial charge in [0.2, 0.25) is 5.91 Å². The molecule has 2 aliphatic rings. The molecule has 2 amide bonds. The van der Waals surface area contributed by atoms with Gasteiger partial charge in [-0.1, -0.05) is 6.92 Å². The second kappa shape index (κ2) is 8.70. The average Bonchev–Trinajstić information content (AvgIpc) is 3.46. The smallest absolute Gasteiger partial charge is 0.255 e. The summed E-state index contributed by atoms with van der Waals surface area (Å²) in [5.41, 5.74) is 3.07. The molecule has 0 bridgehead atoms. The largest absolute Gasteiger partial charge is 0.493 e. The van der Waals surface area contributed by atoms with Gasteiger partial charge in [0.15, 0.2) is 0 Å². The topological polar surface area (TPSA) is 100 Å². The number of H-pyrrole nitrogens is 1. The highest BCUT2D eigenvalue weighted by Gasteiger charge is 2.33. The molecule has 1 aliphatic heterocycles. The molecule has 9 heteroatoms. The molecule has 34 heavy (non-hydrogen) atoms. The number of halogens is 1. The van der Waals surface area contributed by atoms with Crippen LogP contribution in [0.3, 0.4) is 0 Å². The Morgan fingerprint density at radius 2 is 2.06 bits per heavy atom. The second-order valence-electron chi connectivity index (χ2n) is 9.45. The van der Waals surface area contributed by atoms with Gasteiger partial charge in [-0.2, -0.15) is 0 Å². The first-order chi connectivity index (χ1) is 16.3. The van der Waals surface area contributed by atoms with Crippen LogP contribution in [0.1, 0.15) is 42.7 Å². The minimum absolute atomic E-state index is 0.000872. The number of likely N-dealkylation sites (tertiary alicyclic amines) is 1. The van der Waals surface area contributed by atoms with Crippen LogP contribution in [0.15, 0.2) is 24.5 Å². The normalized spacial score (nSPS) is 20.1. The second-order valence-corrected chi connectivity index (χ2v) is 9.45. The summed E-state index contributed by atoms with van der Waals surface area (Å²) in [7, 11) is 0. The highest BCUT2D eigenvalue weighted by molar-refractivity contribution is 6.09. The molecule has 2 aromatic heterocycles. The number of fused-ring (bicyclic) bond motifs is 1. The molecule has 8 nitrogen and oxygen atoms in total. The van der Waals surface area contributed by atoms with E-state index in [0.717, 1.165) is 12.8 Å². The molecular formula is C25H28FN5O3. The number of nitrogens with one attached hydrogen (secondary N) is 2. The molecular weight excluding hydrogens is 437 g/mol. The fourth-order valence-corrected chi connectivity index (χ4v) is 4.56. The van der Waals surface area contributed by atoms with Crippen molar-refractivity contribution in [3.8, 4) is 17.0 Å². The van der Waals surface area contributed by atoms with Gasteiger partial charge in [-0.25, -0.2) is 14.4 Å². The zero-order valence-corrected chi connectivity index (χ0v) is 19.5. The SMILES string of the molecule is CC(=O)N1C[C@H](C)[C@H](NC(=O)c2c(C)[nH]c3c(-c4cc(F)ccc4OCC4CC4)ncnc23)C1. The minimum atomic E-state index is -0.396. The van der Waals surface area contributed by atoms with Gasteiger partial charge in [-0.3, -0.25) is 9.59 Å². The first-order valence-electron chi connectivity index (χ1n) is 11.6. The predicted octanol–water partition coefficient (Wildman–Crippen LogP) is 3.46. The molecule has 1 saturated carbocycles. The van der Waals surface area contributed by atoms with Crippen LogP contribution in [0.4, 0.5) is 4.39 Å². The molecule has 178 valence electrons. The quantitative estimate of drug-likeness (QED) is 0.581. The number of amides is 2. The maximum absolute atomic E-state index is 14.2. The van der Waals surface area contributed by atoms with Gasteiger partial charge in [0.25, 0.3) is 5.91 Å². The summed E-state index contributed by atoms with van der Waals surface area (Å²) < 4.78 is 20.2. The van der Waals surface area contributed by atoms with Crippen molar-refractivity contribution in [2.75, 3.05) is 19.7 Å². The molecule has 2 atom stereocenters. The fourth-order valence-electron chi connectivity index (χ4n) is 4.56. The van der Waals surface area contributed by atoms with Gasteiger partial charge >= 0.3 is 0 Å². The van der Waals surface area contributed by atoms with Gasteiger partial charge < -0.3 is 19.9 Å². The third kappa shape index (κ3) is 4.22. The van der Waals surface area contributed by atoms with Crippen LogP contribution in [0, 0.1) is 24.6 Å². The standard InChI is InChI=1S/C25H28FN5O3/c1-13-9-31(15(3)32)10-19(13)30-25(33)21-14(2)29-24-22(27-12-28-23(21)24)18-8-17(26)6-7-20(18)34-11-16-4-5-16/h6-8,12-13,16,19,29H,4-5,9-11H2,1-3H3,(H,30,33)/t13-,19+/m0/s1. The third-order valence-corrected chi connectivity index (χ3v) is 6.74. The van der Waals surface area contributed by atoms with Crippen LogP contribution in [0.2, 0.25) is 0 Å². The van der Waals surface area contributed by atoms with Crippen LogP contribution in [0.25, 0.3) is 22.3 Å². The summed E-state index contributed by atoms with van der Waals surface area (Å²) in [6.45, 7) is 7.03. The molecule has 2 N–H and O–H groups in total. The Morgan fingerprint density at radius 1 is 1.26 bits per heavy atom. The average molecular weight is 466 g/mol. The molecule has 0 spiro atoms. The van der Waals surface area contributed by atoms with Crippen molar-refractivity contribution in [2.45, 2.75) is 39.7 Å².